The summed E-state index contributed by atoms with van der Waals surface area (Å²) in [6.07, 6.45) is 0.886. The Hall–Kier alpha value is -1.16. The minimum atomic E-state index is -0.414. The van der Waals surface area contributed by atoms with E-state index in [9.17, 15) is 8.78 Å². The molecule has 1 aromatic carbocycles. The monoisotopic (exact) mass is 482 g/mol. The molecule has 8 heteroatoms. The van der Waals surface area contributed by atoms with Crippen LogP contribution in [-0.4, -0.2) is 63.3 Å². The van der Waals surface area contributed by atoms with Gasteiger partial charge in [-0.1, -0.05) is 0 Å². The largest absolute Gasteiger partial charge is 0.382 e. The molecular weight excluding hydrogens is 453 g/mol. The fourth-order valence-electron chi connectivity index (χ4n) is 2.81. The van der Waals surface area contributed by atoms with E-state index >= 15 is 0 Å². The maximum absolute atomic E-state index is 13.9. The molecule has 1 N–H and O–H groups in total. The summed E-state index contributed by atoms with van der Waals surface area (Å²) in [7, 11) is 0. The number of ether oxygens (including phenoxy) is 1. The molecule has 1 aliphatic heterocycles. The third kappa shape index (κ3) is 6.86. The van der Waals surface area contributed by atoms with Gasteiger partial charge in [0.1, 0.15) is 11.6 Å². The summed E-state index contributed by atoms with van der Waals surface area (Å²) in [5.74, 6) is 0.0766. The first-order valence-corrected chi connectivity index (χ1v) is 8.96. The molecule has 2 rings (SSSR count). The highest BCUT2D eigenvalue weighted by Crippen LogP contribution is 2.21. The van der Waals surface area contributed by atoms with Gasteiger partial charge >= 0.3 is 0 Å². The molecular formula is C18H29F2IN4O. The number of hydrogen-bond acceptors (Lipinski definition) is 3. The van der Waals surface area contributed by atoms with Crippen LogP contribution in [0.25, 0.3) is 0 Å². The lowest BCUT2D eigenvalue weighted by molar-refractivity contribution is 0.146. The molecule has 0 aromatic heterocycles. The number of anilines is 1. The van der Waals surface area contributed by atoms with Crippen LogP contribution >= 0.6 is 24.0 Å². The van der Waals surface area contributed by atoms with Gasteiger partial charge in [-0.05, 0) is 32.4 Å². The van der Waals surface area contributed by atoms with Crippen LogP contribution in [0.15, 0.2) is 23.2 Å². The van der Waals surface area contributed by atoms with Crippen LogP contribution in [0.3, 0.4) is 0 Å². The van der Waals surface area contributed by atoms with E-state index in [2.05, 4.69) is 15.2 Å². The van der Waals surface area contributed by atoms with Gasteiger partial charge in [-0.15, -0.1) is 24.0 Å². The molecule has 1 saturated heterocycles. The first-order chi connectivity index (χ1) is 12.2. The second kappa shape index (κ2) is 12.3. The van der Waals surface area contributed by atoms with Gasteiger partial charge in [0.15, 0.2) is 5.96 Å². The Kier molecular flexibility index (Phi) is 10.8. The van der Waals surface area contributed by atoms with Crippen molar-refractivity contribution in [3.63, 3.8) is 0 Å². The van der Waals surface area contributed by atoms with Crippen molar-refractivity contribution in [2.24, 2.45) is 4.99 Å². The molecule has 5 nitrogen and oxygen atoms in total. The van der Waals surface area contributed by atoms with Crippen LogP contribution in [0.5, 0.6) is 0 Å². The fourth-order valence-corrected chi connectivity index (χ4v) is 2.81. The van der Waals surface area contributed by atoms with Gasteiger partial charge in [-0.3, -0.25) is 4.99 Å². The smallest absolute Gasteiger partial charge is 0.194 e. The average Bonchev–Trinajstić information content (AvgIpc) is 2.63. The molecule has 1 aliphatic rings. The Bertz CT molecular complexity index is 566. The molecule has 0 aliphatic carbocycles. The van der Waals surface area contributed by atoms with Crippen molar-refractivity contribution in [3.05, 3.63) is 29.8 Å². The standard InChI is InChI=1S/C18H28F2N4O.HI/c1-3-21-18(22-8-5-13-25-4-2)24-11-9-23(10-12-24)17-14-15(19)6-7-16(17)20;/h6-7,14H,3-5,8-13H2,1-2H3,(H,21,22);1H. The van der Waals surface area contributed by atoms with E-state index < -0.39 is 5.82 Å². The van der Waals surface area contributed by atoms with E-state index in [-0.39, 0.29) is 29.8 Å². The van der Waals surface area contributed by atoms with Crippen LogP contribution in [0.4, 0.5) is 14.5 Å². The molecule has 148 valence electrons. The summed E-state index contributed by atoms with van der Waals surface area (Å²) < 4.78 is 32.6. The van der Waals surface area contributed by atoms with Gasteiger partial charge < -0.3 is 19.9 Å². The summed E-state index contributed by atoms with van der Waals surface area (Å²) >= 11 is 0. The van der Waals surface area contributed by atoms with E-state index in [4.69, 9.17) is 4.74 Å². The van der Waals surface area contributed by atoms with Crippen molar-refractivity contribution >= 4 is 35.6 Å². The van der Waals surface area contributed by atoms with Crippen molar-refractivity contribution in [2.75, 3.05) is 57.4 Å². The summed E-state index contributed by atoms with van der Waals surface area (Å²) in [5, 5.41) is 3.30. The van der Waals surface area contributed by atoms with Crippen molar-refractivity contribution in [1.29, 1.82) is 0 Å². The number of nitrogens with one attached hydrogen (secondary N) is 1. The number of benzene rings is 1. The molecule has 1 aromatic rings. The molecule has 0 saturated carbocycles. The molecule has 0 unspecified atom stereocenters. The molecule has 0 bridgehead atoms. The Balaban J connectivity index is 0.00000338. The number of rotatable bonds is 7. The lowest BCUT2D eigenvalue weighted by atomic mass is 10.2. The summed E-state index contributed by atoms with van der Waals surface area (Å²) in [4.78, 5) is 8.68. The molecule has 0 amide bonds. The third-order valence-electron chi connectivity index (χ3n) is 4.08. The Morgan fingerprint density at radius 2 is 1.92 bits per heavy atom. The fraction of sp³-hybridized carbons (Fsp3) is 0.611. The van der Waals surface area contributed by atoms with Crippen LogP contribution in [0, 0.1) is 11.6 Å². The molecule has 1 fully saturated rings. The van der Waals surface area contributed by atoms with Crippen LogP contribution in [0.2, 0.25) is 0 Å². The SMILES string of the molecule is CCNC(=NCCCOCC)N1CCN(c2cc(F)ccc2F)CC1.I. The van der Waals surface area contributed by atoms with Crippen molar-refractivity contribution in [3.8, 4) is 0 Å². The zero-order valence-corrected chi connectivity index (χ0v) is 17.8. The predicted octanol–water partition coefficient (Wildman–Crippen LogP) is 3.10. The van der Waals surface area contributed by atoms with Crippen molar-refractivity contribution < 1.29 is 13.5 Å². The van der Waals surface area contributed by atoms with Gasteiger partial charge in [0.2, 0.25) is 0 Å². The highest BCUT2D eigenvalue weighted by atomic mass is 127. The van der Waals surface area contributed by atoms with E-state index in [1.54, 1.807) is 0 Å². The van der Waals surface area contributed by atoms with Crippen LogP contribution in [0.1, 0.15) is 20.3 Å². The lowest BCUT2D eigenvalue weighted by Gasteiger charge is -2.37. The normalized spacial score (nSPS) is 15.0. The van der Waals surface area contributed by atoms with Crippen LogP contribution in [-0.2, 0) is 4.74 Å². The average molecular weight is 482 g/mol. The molecule has 1 heterocycles. The van der Waals surface area contributed by atoms with Gasteiger partial charge in [0.25, 0.3) is 0 Å². The first-order valence-electron chi connectivity index (χ1n) is 8.96. The minimum Gasteiger partial charge on any atom is -0.382 e. The number of piperazine rings is 1. The van der Waals surface area contributed by atoms with E-state index in [1.807, 2.05) is 18.7 Å². The van der Waals surface area contributed by atoms with E-state index in [0.29, 0.717) is 45.0 Å². The Morgan fingerprint density at radius 1 is 1.19 bits per heavy atom. The second-order valence-corrected chi connectivity index (χ2v) is 5.86. The van der Waals surface area contributed by atoms with Gasteiger partial charge in [0.05, 0.1) is 5.69 Å². The number of hydrogen-bond donors (Lipinski definition) is 1. The number of halogens is 3. The zero-order chi connectivity index (χ0) is 18.1. The van der Waals surface area contributed by atoms with Gasteiger partial charge in [0, 0.05) is 58.5 Å². The first kappa shape index (κ1) is 22.9. The topological polar surface area (TPSA) is 40.1 Å². The number of guanidine groups is 1. The van der Waals surface area contributed by atoms with E-state index in [1.165, 1.54) is 12.1 Å². The van der Waals surface area contributed by atoms with E-state index in [0.717, 1.165) is 31.6 Å². The second-order valence-electron chi connectivity index (χ2n) is 5.86. The number of aliphatic imine (C=N–C) groups is 1. The zero-order valence-electron chi connectivity index (χ0n) is 15.5. The lowest BCUT2D eigenvalue weighted by Crippen LogP contribution is -2.52. The quantitative estimate of drug-likeness (QED) is 0.281. The summed E-state index contributed by atoms with van der Waals surface area (Å²) in [6.45, 7) is 9.65. The summed E-state index contributed by atoms with van der Waals surface area (Å²) in [6, 6.07) is 3.59. The maximum atomic E-state index is 13.9. The van der Waals surface area contributed by atoms with Crippen LogP contribution < -0.4 is 10.2 Å². The van der Waals surface area contributed by atoms with Crippen molar-refractivity contribution in [1.82, 2.24) is 10.2 Å². The van der Waals surface area contributed by atoms with Gasteiger partial charge in [-0.25, -0.2) is 8.78 Å². The van der Waals surface area contributed by atoms with Gasteiger partial charge in [-0.2, -0.15) is 0 Å². The maximum Gasteiger partial charge on any atom is 0.194 e. The summed E-state index contributed by atoms with van der Waals surface area (Å²) in [5.41, 5.74) is 0.332. The van der Waals surface area contributed by atoms with Crippen molar-refractivity contribution in [2.45, 2.75) is 20.3 Å². The molecule has 26 heavy (non-hydrogen) atoms. The Morgan fingerprint density at radius 3 is 2.58 bits per heavy atom. The molecule has 0 atom stereocenters. The minimum absolute atomic E-state index is 0. The predicted molar refractivity (Wildman–Crippen MR) is 113 cm³/mol. The molecule has 0 radical (unpaired) electrons. The Labute approximate surface area is 171 Å². The molecule has 0 spiro atoms. The highest BCUT2D eigenvalue weighted by molar-refractivity contribution is 14.0. The third-order valence-corrected chi connectivity index (χ3v) is 4.08. The highest BCUT2D eigenvalue weighted by Gasteiger charge is 2.21. The number of nitrogens with zero attached hydrogens (tertiary/aromatic N) is 3.